The third kappa shape index (κ3) is 6.34. The zero-order chi connectivity index (χ0) is 26.3. The van der Waals surface area contributed by atoms with E-state index < -0.39 is 31.5 Å². The molecule has 0 spiro atoms. The van der Waals surface area contributed by atoms with Gasteiger partial charge in [0.1, 0.15) is 4.90 Å². The lowest BCUT2D eigenvalue weighted by atomic mass is 10.2. The minimum absolute atomic E-state index is 0.0147. The number of aliphatic hydroxyl groups excluding tert-OH is 1. The molecule has 0 radical (unpaired) electrons. The highest BCUT2D eigenvalue weighted by Crippen LogP contribution is 2.29. The van der Waals surface area contributed by atoms with E-state index in [9.17, 15) is 28.4 Å². The van der Waals surface area contributed by atoms with E-state index >= 15 is 0 Å². The molecule has 0 amide bonds. The molecule has 12 nitrogen and oxygen atoms in total. The molecule has 0 saturated heterocycles. The smallest absolute Gasteiger partial charge is 0.337 e. The molecule has 0 aromatic heterocycles. The number of likely N-dealkylation sites (N-methyl/N-ethyl adjacent to an activating group) is 1. The molecule has 3 aromatic carbocycles. The SMILES string of the molecule is CN(CCO)c1ccc(/C=N/Nc2ccc([N+](=O)[O-])cc2S(=O)(=O)Nc2ccccc2C(=O)O)cc1. The number of hydrazone groups is 1. The molecule has 3 rings (SSSR count). The van der Waals surface area contributed by atoms with Crippen LogP contribution in [0, 0.1) is 10.1 Å². The normalized spacial score (nSPS) is 11.3. The Morgan fingerprint density at radius 1 is 1.11 bits per heavy atom. The Bertz CT molecular complexity index is 1390. The number of anilines is 3. The zero-order valence-corrected chi connectivity index (χ0v) is 19.8. The maximum Gasteiger partial charge on any atom is 0.337 e. The van der Waals surface area contributed by atoms with Gasteiger partial charge in [0.05, 0.1) is 34.7 Å². The fourth-order valence-corrected chi connectivity index (χ4v) is 4.42. The number of para-hydroxylation sites is 1. The molecule has 13 heteroatoms. The summed E-state index contributed by atoms with van der Waals surface area (Å²) in [7, 11) is -2.62. The van der Waals surface area contributed by atoms with Crippen LogP contribution in [0.2, 0.25) is 0 Å². The zero-order valence-electron chi connectivity index (χ0n) is 19.0. The van der Waals surface area contributed by atoms with Gasteiger partial charge in [0, 0.05) is 31.4 Å². The van der Waals surface area contributed by atoms with Gasteiger partial charge in [-0.05, 0) is 35.9 Å². The molecule has 3 aromatic rings. The third-order valence-corrected chi connectivity index (χ3v) is 6.44. The van der Waals surface area contributed by atoms with Crippen molar-refractivity contribution in [2.24, 2.45) is 5.10 Å². The number of carboxylic acids is 1. The number of carboxylic acid groups (broad SMARTS) is 1. The van der Waals surface area contributed by atoms with Crippen molar-refractivity contribution >= 4 is 45.0 Å². The van der Waals surface area contributed by atoms with Gasteiger partial charge in [-0.1, -0.05) is 24.3 Å². The van der Waals surface area contributed by atoms with Gasteiger partial charge in [-0.15, -0.1) is 0 Å². The fourth-order valence-electron chi connectivity index (χ4n) is 3.17. The Labute approximate surface area is 206 Å². The number of nitrogens with zero attached hydrogens (tertiary/aromatic N) is 3. The molecule has 0 fully saturated rings. The van der Waals surface area contributed by atoms with Gasteiger partial charge in [-0.25, -0.2) is 13.2 Å². The number of hydrogen-bond acceptors (Lipinski definition) is 9. The van der Waals surface area contributed by atoms with E-state index in [4.69, 9.17) is 5.11 Å². The number of nitrogens with one attached hydrogen (secondary N) is 2. The van der Waals surface area contributed by atoms with E-state index in [0.717, 1.165) is 17.8 Å². The Hall–Kier alpha value is -4.49. The standard InChI is InChI=1S/C23H23N5O7S/c1-27(12-13-29)17-8-6-16(7-9-17)15-24-25-21-11-10-18(28(32)33)14-22(21)36(34,35)26-20-5-3-2-4-19(20)23(30)31/h2-11,14-15,25-26,29H,12-13H2,1H3,(H,30,31)/b24-15+. The summed E-state index contributed by atoms with van der Waals surface area (Å²) in [5.74, 6) is -1.34. The Morgan fingerprint density at radius 3 is 2.44 bits per heavy atom. The second kappa shape index (κ2) is 11.3. The average molecular weight is 514 g/mol. The van der Waals surface area contributed by atoms with Gasteiger partial charge in [0.2, 0.25) is 0 Å². The number of aliphatic hydroxyl groups is 1. The van der Waals surface area contributed by atoms with Crippen molar-refractivity contribution in [2.75, 3.05) is 35.2 Å². The minimum Gasteiger partial charge on any atom is -0.478 e. The van der Waals surface area contributed by atoms with Crippen molar-refractivity contribution in [1.82, 2.24) is 0 Å². The van der Waals surface area contributed by atoms with Gasteiger partial charge in [-0.2, -0.15) is 5.10 Å². The van der Waals surface area contributed by atoms with Crippen LogP contribution in [0.5, 0.6) is 0 Å². The molecular formula is C23H23N5O7S. The van der Waals surface area contributed by atoms with Gasteiger partial charge >= 0.3 is 5.97 Å². The highest BCUT2D eigenvalue weighted by Gasteiger charge is 2.24. The maximum atomic E-state index is 13.1. The van der Waals surface area contributed by atoms with E-state index in [-0.39, 0.29) is 23.5 Å². The minimum atomic E-state index is -4.45. The molecule has 0 aliphatic heterocycles. The number of nitro groups is 1. The van der Waals surface area contributed by atoms with E-state index in [1.807, 2.05) is 24.1 Å². The van der Waals surface area contributed by atoms with Crippen molar-refractivity contribution in [3.05, 3.63) is 88.0 Å². The molecule has 0 saturated carbocycles. The lowest BCUT2D eigenvalue weighted by molar-refractivity contribution is -0.385. The first-order valence-corrected chi connectivity index (χ1v) is 12.0. The highest BCUT2D eigenvalue weighted by molar-refractivity contribution is 7.93. The van der Waals surface area contributed by atoms with Crippen LogP contribution in [0.25, 0.3) is 0 Å². The van der Waals surface area contributed by atoms with Crippen LogP contribution in [0.3, 0.4) is 0 Å². The molecule has 0 unspecified atom stereocenters. The van der Waals surface area contributed by atoms with E-state index in [1.165, 1.54) is 36.5 Å². The summed E-state index contributed by atoms with van der Waals surface area (Å²) in [6.45, 7) is 0.484. The number of nitro benzene ring substituents is 1. The molecule has 36 heavy (non-hydrogen) atoms. The van der Waals surface area contributed by atoms with Gasteiger partial charge in [-0.3, -0.25) is 20.3 Å². The molecule has 0 heterocycles. The van der Waals surface area contributed by atoms with Gasteiger partial charge in [0.15, 0.2) is 0 Å². The summed E-state index contributed by atoms with van der Waals surface area (Å²) in [4.78, 5) is 23.3. The summed E-state index contributed by atoms with van der Waals surface area (Å²) in [6.07, 6.45) is 1.43. The number of aromatic carboxylic acids is 1. The van der Waals surface area contributed by atoms with Crippen molar-refractivity contribution in [2.45, 2.75) is 4.90 Å². The number of benzene rings is 3. The van der Waals surface area contributed by atoms with Crippen LogP contribution < -0.4 is 15.0 Å². The molecule has 0 aliphatic carbocycles. The third-order valence-electron chi connectivity index (χ3n) is 5.04. The summed E-state index contributed by atoms with van der Waals surface area (Å²) < 4.78 is 28.4. The molecule has 0 bridgehead atoms. The fraction of sp³-hybridized carbons (Fsp3) is 0.130. The van der Waals surface area contributed by atoms with Crippen LogP contribution >= 0.6 is 0 Å². The number of rotatable bonds is 11. The summed E-state index contributed by atoms with van der Waals surface area (Å²) >= 11 is 0. The van der Waals surface area contributed by atoms with Gasteiger partial charge < -0.3 is 15.1 Å². The van der Waals surface area contributed by atoms with E-state index in [0.29, 0.717) is 12.1 Å². The largest absolute Gasteiger partial charge is 0.478 e. The number of sulfonamides is 1. The first kappa shape index (κ1) is 26.1. The topological polar surface area (TPSA) is 174 Å². The quantitative estimate of drug-likeness (QED) is 0.171. The lowest BCUT2D eigenvalue weighted by Gasteiger charge is -2.17. The molecular weight excluding hydrogens is 490 g/mol. The van der Waals surface area contributed by atoms with Crippen LogP contribution in [0.4, 0.5) is 22.7 Å². The highest BCUT2D eigenvalue weighted by atomic mass is 32.2. The molecule has 188 valence electrons. The van der Waals surface area contributed by atoms with Crippen LogP contribution in [-0.2, 0) is 10.0 Å². The van der Waals surface area contributed by atoms with E-state index in [1.54, 1.807) is 12.1 Å². The van der Waals surface area contributed by atoms with Crippen molar-refractivity contribution in [3.63, 3.8) is 0 Å². The average Bonchev–Trinajstić information content (AvgIpc) is 2.84. The Morgan fingerprint density at radius 2 is 1.81 bits per heavy atom. The van der Waals surface area contributed by atoms with E-state index in [2.05, 4.69) is 15.2 Å². The first-order valence-electron chi connectivity index (χ1n) is 10.5. The van der Waals surface area contributed by atoms with Gasteiger partial charge in [0.25, 0.3) is 15.7 Å². The van der Waals surface area contributed by atoms with Crippen LogP contribution in [-0.4, -0.2) is 55.9 Å². The number of non-ortho nitro benzene ring substituents is 1. The second-order valence-corrected chi connectivity index (χ2v) is 9.15. The monoisotopic (exact) mass is 513 g/mol. The summed E-state index contributed by atoms with van der Waals surface area (Å²) in [5, 5.41) is 33.7. The Kier molecular flexibility index (Phi) is 8.19. The van der Waals surface area contributed by atoms with Crippen LogP contribution in [0.1, 0.15) is 15.9 Å². The van der Waals surface area contributed by atoms with Crippen molar-refractivity contribution in [1.29, 1.82) is 0 Å². The molecule has 0 atom stereocenters. The summed E-state index contributed by atoms with van der Waals surface area (Å²) in [6, 6.07) is 15.7. The second-order valence-electron chi connectivity index (χ2n) is 7.50. The first-order chi connectivity index (χ1) is 17.1. The summed E-state index contributed by atoms with van der Waals surface area (Å²) in [5.41, 5.74) is 3.13. The predicted molar refractivity (Wildman–Crippen MR) is 135 cm³/mol. The number of carbonyl (C=O) groups is 1. The van der Waals surface area contributed by atoms with Crippen molar-refractivity contribution < 1.29 is 28.3 Å². The molecule has 0 aliphatic rings. The Balaban J connectivity index is 1.89. The maximum absolute atomic E-state index is 13.1. The lowest BCUT2D eigenvalue weighted by Crippen LogP contribution is -2.20. The predicted octanol–water partition coefficient (Wildman–Crippen LogP) is 2.97. The van der Waals surface area contributed by atoms with Crippen LogP contribution in [0.15, 0.2) is 76.7 Å². The van der Waals surface area contributed by atoms with Crippen molar-refractivity contribution in [3.8, 4) is 0 Å². The number of hydrogen-bond donors (Lipinski definition) is 4. The molecule has 4 N–H and O–H groups in total.